The van der Waals surface area contributed by atoms with E-state index in [0.29, 0.717) is 16.8 Å². The lowest BCUT2D eigenvalue weighted by Gasteiger charge is -2.38. The maximum atomic E-state index is 14.0. The molecule has 0 fully saturated rings. The first-order chi connectivity index (χ1) is 15.0. The highest BCUT2D eigenvalue weighted by molar-refractivity contribution is 7.96. The molecule has 0 bridgehead atoms. The van der Waals surface area contributed by atoms with Crippen LogP contribution in [0.15, 0.2) is 87.8 Å². The summed E-state index contributed by atoms with van der Waals surface area (Å²) in [7, 11) is -4.03. The Labute approximate surface area is 184 Å². The number of rotatable bonds is 3. The number of hydrogen-bond donors (Lipinski definition) is 1. The van der Waals surface area contributed by atoms with Crippen molar-refractivity contribution in [2.24, 2.45) is 5.73 Å². The van der Waals surface area contributed by atoms with Crippen molar-refractivity contribution in [3.63, 3.8) is 0 Å². The number of nitriles is 1. The van der Waals surface area contributed by atoms with Crippen molar-refractivity contribution in [1.82, 2.24) is 0 Å². The van der Waals surface area contributed by atoms with Gasteiger partial charge in [-0.1, -0.05) is 42.5 Å². The van der Waals surface area contributed by atoms with Crippen LogP contribution < -0.4 is 10.0 Å². The van der Waals surface area contributed by atoms with Crippen molar-refractivity contribution in [1.29, 1.82) is 5.26 Å². The molecule has 31 heavy (non-hydrogen) atoms. The third kappa shape index (κ3) is 3.02. The van der Waals surface area contributed by atoms with E-state index in [0.717, 1.165) is 5.56 Å². The number of hydrogen-bond acceptors (Lipinski definition) is 6. The molecule has 2 N–H and O–H groups in total. The number of thiophene rings is 1. The Balaban J connectivity index is 1.77. The molecule has 0 saturated heterocycles. The number of fused-ring (bicyclic) bond motifs is 2. The average molecular weight is 448 g/mol. The summed E-state index contributed by atoms with van der Waals surface area (Å²) >= 11 is 1.43. The van der Waals surface area contributed by atoms with Crippen molar-refractivity contribution >= 4 is 32.8 Å². The van der Waals surface area contributed by atoms with Gasteiger partial charge in [0.05, 0.1) is 18.2 Å². The van der Waals surface area contributed by atoms with Crippen LogP contribution in [-0.2, 0) is 21.3 Å². The van der Waals surface area contributed by atoms with E-state index in [1.807, 2.05) is 59.3 Å². The second-order valence-electron chi connectivity index (χ2n) is 7.19. The van der Waals surface area contributed by atoms with Crippen molar-refractivity contribution < 1.29 is 13.2 Å². The lowest BCUT2D eigenvalue weighted by atomic mass is 9.90. The predicted octanol–water partition coefficient (Wildman–Crippen LogP) is 4.27. The summed E-state index contributed by atoms with van der Waals surface area (Å²) < 4.78 is 35.2. The molecule has 2 aliphatic rings. The molecule has 154 valence electrons. The minimum absolute atomic E-state index is 0.0475. The number of para-hydroxylation sites is 1. The fourth-order valence-electron chi connectivity index (χ4n) is 4.00. The maximum Gasteiger partial charge on any atom is 0.265 e. The van der Waals surface area contributed by atoms with Crippen LogP contribution in [0, 0.1) is 11.3 Å². The molecule has 1 atom stereocenters. The lowest BCUT2D eigenvalue weighted by molar-refractivity contribution is 0.357. The highest BCUT2D eigenvalue weighted by Crippen LogP contribution is 2.51. The van der Waals surface area contributed by atoms with Crippen LogP contribution in [0.25, 0.3) is 5.76 Å². The van der Waals surface area contributed by atoms with E-state index in [9.17, 15) is 13.7 Å². The zero-order valence-electron chi connectivity index (χ0n) is 16.2. The molecule has 5 rings (SSSR count). The van der Waals surface area contributed by atoms with Gasteiger partial charge in [0.25, 0.3) is 10.0 Å². The predicted molar refractivity (Wildman–Crippen MR) is 120 cm³/mol. The molecule has 0 aliphatic carbocycles. The van der Waals surface area contributed by atoms with Gasteiger partial charge >= 0.3 is 0 Å². The molecule has 8 heteroatoms. The Kier molecular flexibility index (Phi) is 4.58. The third-order valence-electron chi connectivity index (χ3n) is 5.40. The smallest absolute Gasteiger partial charge is 0.265 e. The SMILES string of the molecule is N#CC1=C(N)OC2=C(C1c1ccsc1)S(=O)(=O)N(Cc1ccccc1)c1ccccc12. The average Bonchev–Trinajstić information content (AvgIpc) is 3.31. The number of allylic oxidation sites excluding steroid dienone is 2. The molecule has 1 aromatic heterocycles. The van der Waals surface area contributed by atoms with Crippen molar-refractivity contribution in [2.75, 3.05) is 4.31 Å². The van der Waals surface area contributed by atoms with Crippen LogP contribution in [0.4, 0.5) is 5.69 Å². The summed E-state index contributed by atoms with van der Waals surface area (Å²) in [4.78, 5) is 0.0475. The van der Waals surface area contributed by atoms with Crippen LogP contribution >= 0.6 is 11.3 Å². The van der Waals surface area contributed by atoms with Gasteiger partial charge in [-0.05, 0) is 40.1 Å². The summed E-state index contributed by atoms with van der Waals surface area (Å²) in [5.41, 5.74) is 8.88. The van der Waals surface area contributed by atoms with E-state index < -0.39 is 15.9 Å². The van der Waals surface area contributed by atoms with Crippen LogP contribution in [-0.4, -0.2) is 8.42 Å². The van der Waals surface area contributed by atoms with Crippen LogP contribution in [0.1, 0.15) is 22.6 Å². The van der Waals surface area contributed by atoms with Gasteiger partial charge in [-0.25, -0.2) is 8.42 Å². The van der Waals surface area contributed by atoms with E-state index in [-0.39, 0.29) is 28.7 Å². The Hall–Kier alpha value is -3.54. The Morgan fingerprint density at radius 1 is 1.10 bits per heavy atom. The minimum atomic E-state index is -4.03. The van der Waals surface area contributed by atoms with Crippen molar-refractivity contribution in [3.05, 3.63) is 104 Å². The second-order valence-corrected chi connectivity index (χ2v) is 9.80. The number of nitrogens with zero attached hydrogens (tertiary/aromatic N) is 2. The summed E-state index contributed by atoms with van der Waals surface area (Å²) in [5, 5.41) is 13.5. The lowest BCUT2D eigenvalue weighted by Crippen LogP contribution is -2.39. The molecule has 3 aromatic rings. The summed E-state index contributed by atoms with van der Waals surface area (Å²) in [6.45, 7) is 0.161. The molecule has 2 aromatic carbocycles. The summed E-state index contributed by atoms with van der Waals surface area (Å²) in [6.07, 6.45) is 0. The molecule has 3 heterocycles. The van der Waals surface area contributed by atoms with Gasteiger partial charge < -0.3 is 10.5 Å². The molecular weight excluding hydrogens is 430 g/mol. The van der Waals surface area contributed by atoms with E-state index in [4.69, 9.17) is 10.5 Å². The zero-order chi connectivity index (χ0) is 21.6. The normalized spacial score (nSPS) is 19.3. The fourth-order valence-corrected chi connectivity index (χ4v) is 6.60. The highest BCUT2D eigenvalue weighted by Gasteiger charge is 2.47. The zero-order valence-corrected chi connectivity index (χ0v) is 17.9. The molecule has 0 amide bonds. The van der Waals surface area contributed by atoms with Gasteiger partial charge in [0.1, 0.15) is 16.5 Å². The number of ether oxygens (including phenoxy) is 1. The van der Waals surface area contributed by atoms with Crippen molar-refractivity contribution in [2.45, 2.75) is 12.5 Å². The fraction of sp³-hybridized carbons (Fsp3) is 0.0870. The largest absolute Gasteiger partial charge is 0.439 e. The molecule has 2 aliphatic heterocycles. The number of anilines is 1. The van der Waals surface area contributed by atoms with Crippen LogP contribution in [0.3, 0.4) is 0 Å². The van der Waals surface area contributed by atoms with Crippen LogP contribution in [0.2, 0.25) is 0 Å². The standard InChI is InChI=1S/C23H17N3O3S2/c24-12-18-20(16-10-11-30-14-16)22-21(29-23(18)25)17-8-4-5-9-19(17)26(31(22,27)28)13-15-6-2-1-3-7-15/h1-11,14,20H,13,25H2. The first-order valence-corrected chi connectivity index (χ1v) is 11.9. The molecule has 0 saturated carbocycles. The van der Waals surface area contributed by atoms with E-state index in [1.165, 1.54) is 15.6 Å². The van der Waals surface area contributed by atoms with Gasteiger partial charge in [0, 0.05) is 5.56 Å². The Bertz CT molecular complexity index is 1370. The van der Waals surface area contributed by atoms with Gasteiger partial charge in [0.15, 0.2) is 5.76 Å². The maximum absolute atomic E-state index is 14.0. The molecule has 0 spiro atoms. The minimum Gasteiger partial charge on any atom is -0.439 e. The van der Waals surface area contributed by atoms with E-state index in [2.05, 4.69) is 6.07 Å². The molecule has 0 radical (unpaired) electrons. The van der Waals surface area contributed by atoms with Crippen molar-refractivity contribution in [3.8, 4) is 6.07 Å². The molecular formula is C23H17N3O3S2. The first kappa shape index (κ1) is 19.4. The Morgan fingerprint density at radius 2 is 1.84 bits per heavy atom. The highest BCUT2D eigenvalue weighted by atomic mass is 32.2. The van der Waals surface area contributed by atoms with Gasteiger partial charge in [-0.15, -0.1) is 0 Å². The van der Waals surface area contributed by atoms with Gasteiger partial charge in [-0.3, -0.25) is 4.31 Å². The summed E-state index contributed by atoms with van der Waals surface area (Å²) in [5.74, 6) is -0.705. The quantitative estimate of drug-likeness (QED) is 0.647. The summed E-state index contributed by atoms with van der Waals surface area (Å²) in [6, 6.07) is 20.5. The second kappa shape index (κ2) is 7.30. The topological polar surface area (TPSA) is 96.4 Å². The van der Waals surface area contributed by atoms with E-state index >= 15 is 0 Å². The van der Waals surface area contributed by atoms with Crippen LogP contribution in [0.5, 0.6) is 0 Å². The first-order valence-electron chi connectivity index (χ1n) is 9.52. The monoisotopic (exact) mass is 447 g/mol. The molecule has 6 nitrogen and oxygen atoms in total. The number of nitrogens with two attached hydrogens (primary N) is 1. The molecule has 1 unspecified atom stereocenters. The van der Waals surface area contributed by atoms with Gasteiger partial charge in [0.2, 0.25) is 5.88 Å². The number of sulfonamides is 1. The van der Waals surface area contributed by atoms with E-state index in [1.54, 1.807) is 12.1 Å². The Morgan fingerprint density at radius 3 is 2.55 bits per heavy atom. The number of benzene rings is 2. The third-order valence-corrected chi connectivity index (χ3v) is 7.99. The van der Waals surface area contributed by atoms with Gasteiger partial charge in [-0.2, -0.15) is 16.6 Å².